The number of rotatable bonds is 1. The lowest BCUT2D eigenvalue weighted by Gasteiger charge is -2.05. The fraction of sp³-hybridized carbons (Fsp3) is 0.143. The van der Waals surface area contributed by atoms with Crippen molar-refractivity contribution in [2.75, 3.05) is 12.4 Å². The van der Waals surface area contributed by atoms with E-state index in [4.69, 9.17) is 5.11 Å². The van der Waals surface area contributed by atoms with Crippen LogP contribution in [-0.4, -0.2) is 12.2 Å². The molecular formula is C7H6F3NO. The van der Waals surface area contributed by atoms with Gasteiger partial charge in [0.1, 0.15) is 5.69 Å². The Bertz CT molecular complexity index is 288. The summed E-state index contributed by atoms with van der Waals surface area (Å²) in [5.74, 6) is -4.75. The van der Waals surface area contributed by atoms with E-state index in [1.165, 1.54) is 7.05 Å². The molecule has 12 heavy (non-hydrogen) atoms. The number of nitrogens with one attached hydrogen (secondary N) is 1. The zero-order chi connectivity index (χ0) is 9.30. The summed E-state index contributed by atoms with van der Waals surface area (Å²) >= 11 is 0. The number of hydrogen-bond donors (Lipinski definition) is 2. The van der Waals surface area contributed by atoms with E-state index in [0.29, 0.717) is 0 Å². The minimum Gasteiger partial charge on any atom is -0.503 e. The van der Waals surface area contributed by atoms with Crippen molar-refractivity contribution in [1.82, 2.24) is 0 Å². The fourth-order valence-electron chi connectivity index (χ4n) is 0.814. The average Bonchev–Trinajstić information content (AvgIpc) is 2.02. The summed E-state index contributed by atoms with van der Waals surface area (Å²) in [6.45, 7) is 0. The zero-order valence-electron chi connectivity index (χ0n) is 6.16. The van der Waals surface area contributed by atoms with Crippen LogP contribution < -0.4 is 5.32 Å². The standard InChI is InChI=1S/C7H6F3NO/c1-11-6-5(10)3(8)2-4(9)7(6)12/h2,11-12H,1H3. The van der Waals surface area contributed by atoms with E-state index in [0.717, 1.165) is 0 Å². The predicted molar refractivity (Wildman–Crippen MR) is 37.5 cm³/mol. The first-order valence-electron chi connectivity index (χ1n) is 3.12. The predicted octanol–water partition coefficient (Wildman–Crippen LogP) is 1.85. The van der Waals surface area contributed by atoms with Crippen molar-refractivity contribution >= 4 is 5.69 Å². The maximum Gasteiger partial charge on any atom is 0.185 e. The minimum absolute atomic E-state index is 0.283. The molecule has 66 valence electrons. The van der Waals surface area contributed by atoms with E-state index in [2.05, 4.69) is 5.32 Å². The van der Waals surface area contributed by atoms with Crippen LogP contribution in [0.25, 0.3) is 0 Å². The Kier molecular flexibility index (Phi) is 2.12. The number of hydrogen-bond acceptors (Lipinski definition) is 2. The molecule has 0 aliphatic carbocycles. The molecule has 0 radical (unpaired) electrons. The van der Waals surface area contributed by atoms with Gasteiger partial charge in [0, 0.05) is 13.1 Å². The number of anilines is 1. The van der Waals surface area contributed by atoms with Crippen molar-refractivity contribution in [3.05, 3.63) is 23.5 Å². The van der Waals surface area contributed by atoms with Gasteiger partial charge in [-0.15, -0.1) is 0 Å². The van der Waals surface area contributed by atoms with E-state index in [-0.39, 0.29) is 6.07 Å². The Morgan fingerprint density at radius 1 is 1.25 bits per heavy atom. The number of halogens is 3. The lowest BCUT2D eigenvalue weighted by molar-refractivity contribution is 0.417. The van der Waals surface area contributed by atoms with E-state index in [9.17, 15) is 13.2 Å². The second kappa shape index (κ2) is 2.92. The van der Waals surface area contributed by atoms with Crippen LogP contribution in [0, 0.1) is 17.5 Å². The lowest BCUT2D eigenvalue weighted by Crippen LogP contribution is -1.98. The van der Waals surface area contributed by atoms with Gasteiger partial charge in [-0.05, 0) is 0 Å². The van der Waals surface area contributed by atoms with Crippen LogP contribution >= 0.6 is 0 Å². The first-order chi connectivity index (χ1) is 5.57. The fourth-order valence-corrected chi connectivity index (χ4v) is 0.814. The summed E-state index contributed by atoms with van der Waals surface area (Å²) in [5.41, 5.74) is -0.576. The lowest BCUT2D eigenvalue weighted by atomic mass is 10.2. The highest BCUT2D eigenvalue weighted by Gasteiger charge is 2.16. The minimum atomic E-state index is -1.34. The average molecular weight is 177 g/mol. The Morgan fingerprint density at radius 2 is 1.83 bits per heavy atom. The van der Waals surface area contributed by atoms with Crippen molar-refractivity contribution in [3.8, 4) is 5.75 Å². The monoisotopic (exact) mass is 177 g/mol. The highest BCUT2D eigenvalue weighted by molar-refractivity contribution is 5.57. The number of phenolic OH excluding ortho intramolecular Hbond substituents is 1. The molecule has 0 amide bonds. The van der Waals surface area contributed by atoms with Crippen LogP contribution in [0.2, 0.25) is 0 Å². The highest BCUT2D eigenvalue weighted by Crippen LogP contribution is 2.30. The molecule has 0 atom stereocenters. The van der Waals surface area contributed by atoms with E-state index in [1.54, 1.807) is 0 Å². The summed E-state index contributed by atoms with van der Waals surface area (Å²) < 4.78 is 37.6. The summed E-state index contributed by atoms with van der Waals surface area (Å²) in [5, 5.41) is 11.0. The number of aromatic hydroxyl groups is 1. The van der Waals surface area contributed by atoms with Gasteiger partial charge >= 0.3 is 0 Å². The van der Waals surface area contributed by atoms with Crippen LogP contribution in [0.15, 0.2) is 6.07 Å². The number of benzene rings is 1. The Morgan fingerprint density at radius 3 is 2.33 bits per heavy atom. The van der Waals surface area contributed by atoms with Crippen molar-refractivity contribution in [2.24, 2.45) is 0 Å². The summed E-state index contributed by atoms with van der Waals surface area (Å²) in [6, 6.07) is 0.283. The van der Waals surface area contributed by atoms with Crippen molar-refractivity contribution in [2.45, 2.75) is 0 Å². The molecule has 0 saturated heterocycles. The first-order valence-corrected chi connectivity index (χ1v) is 3.12. The molecular weight excluding hydrogens is 171 g/mol. The highest BCUT2D eigenvalue weighted by atomic mass is 19.2. The quantitative estimate of drug-likeness (QED) is 0.506. The molecule has 0 saturated carbocycles. The van der Waals surface area contributed by atoms with Crippen LogP contribution in [0.4, 0.5) is 18.9 Å². The second-order valence-corrected chi connectivity index (χ2v) is 2.13. The molecule has 2 nitrogen and oxygen atoms in total. The van der Waals surface area contributed by atoms with E-state index < -0.39 is 28.9 Å². The molecule has 0 aliphatic rings. The molecule has 0 aromatic heterocycles. The van der Waals surface area contributed by atoms with Crippen LogP contribution in [-0.2, 0) is 0 Å². The van der Waals surface area contributed by atoms with Gasteiger partial charge in [0.25, 0.3) is 0 Å². The largest absolute Gasteiger partial charge is 0.503 e. The van der Waals surface area contributed by atoms with Gasteiger partial charge in [0.15, 0.2) is 23.2 Å². The molecule has 1 aromatic rings. The van der Waals surface area contributed by atoms with Crippen LogP contribution in [0.1, 0.15) is 0 Å². The topological polar surface area (TPSA) is 32.3 Å². The molecule has 0 fully saturated rings. The molecule has 2 N–H and O–H groups in total. The Balaban J connectivity index is 3.42. The molecule has 0 aliphatic heterocycles. The molecule has 1 rings (SSSR count). The van der Waals surface area contributed by atoms with Crippen LogP contribution in [0.3, 0.4) is 0 Å². The Labute approximate surface area is 66.6 Å². The van der Waals surface area contributed by atoms with Crippen molar-refractivity contribution in [1.29, 1.82) is 0 Å². The third kappa shape index (κ3) is 1.17. The number of phenols is 1. The molecule has 0 spiro atoms. The smallest absolute Gasteiger partial charge is 0.185 e. The molecule has 0 bridgehead atoms. The molecule has 1 aromatic carbocycles. The SMILES string of the molecule is CNc1c(O)c(F)cc(F)c1F. The maximum atomic E-state index is 12.7. The molecule has 0 heterocycles. The third-order valence-corrected chi connectivity index (χ3v) is 1.40. The van der Waals surface area contributed by atoms with Gasteiger partial charge in [-0.2, -0.15) is 0 Å². The van der Waals surface area contributed by atoms with Gasteiger partial charge in [-0.3, -0.25) is 0 Å². The van der Waals surface area contributed by atoms with Gasteiger partial charge < -0.3 is 10.4 Å². The van der Waals surface area contributed by atoms with Gasteiger partial charge in [0.2, 0.25) is 0 Å². The van der Waals surface area contributed by atoms with Gasteiger partial charge in [0.05, 0.1) is 0 Å². The third-order valence-electron chi connectivity index (χ3n) is 1.40. The van der Waals surface area contributed by atoms with Gasteiger partial charge in [-0.1, -0.05) is 0 Å². The summed E-state index contributed by atoms with van der Waals surface area (Å²) in [7, 11) is 1.25. The van der Waals surface area contributed by atoms with Crippen molar-refractivity contribution < 1.29 is 18.3 Å². The van der Waals surface area contributed by atoms with Crippen molar-refractivity contribution in [3.63, 3.8) is 0 Å². The Hall–Kier alpha value is -1.39. The van der Waals surface area contributed by atoms with E-state index in [1.807, 2.05) is 0 Å². The van der Waals surface area contributed by atoms with E-state index >= 15 is 0 Å². The summed E-state index contributed by atoms with van der Waals surface area (Å²) in [4.78, 5) is 0. The second-order valence-electron chi connectivity index (χ2n) is 2.13. The molecule has 5 heteroatoms. The summed E-state index contributed by atoms with van der Waals surface area (Å²) in [6.07, 6.45) is 0. The zero-order valence-corrected chi connectivity index (χ0v) is 6.16. The first kappa shape index (κ1) is 8.70. The maximum absolute atomic E-state index is 12.7. The normalized spacial score (nSPS) is 10.0. The molecule has 0 unspecified atom stereocenters. The van der Waals surface area contributed by atoms with Gasteiger partial charge in [-0.25, -0.2) is 13.2 Å². The van der Waals surface area contributed by atoms with Crippen LogP contribution in [0.5, 0.6) is 5.75 Å².